The van der Waals surface area contributed by atoms with E-state index in [2.05, 4.69) is 0 Å². The molecule has 0 radical (unpaired) electrons. The molecule has 0 aliphatic heterocycles. The summed E-state index contributed by atoms with van der Waals surface area (Å²) in [7, 11) is 1.56. The molecule has 0 aromatic heterocycles. The molecule has 3 N–H and O–H groups in total. The Labute approximate surface area is 93.8 Å². The van der Waals surface area contributed by atoms with Gasteiger partial charge in [0.15, 0.2) is 0 Å². The fourth-order valence-electron chi connectivity index (χ4n) is 1.86. The fourth-order valence-corrected chi connectivity index (χ4v) is 2.09. The molecule has 0 saturated heterocycles. The Balaban J connectivity index is 2.47. The summed E-state index contributed by atoms with van der Waals surface area (Å²) < 4.78 is 5.12. The summed E-state index contributed by atoms with van der Waals surface area (Å²) in [6.45, 7) is 0.547. The maximum absolute atomic E-state index is 9.82. The molecule has 0 bridgehead atoms. The predicted octanol–water partition coefficient (Wildman–Crippen LogP) is 2.04. The molecule has 0 atom stereocenters. The molecule has 1 saturated carbocycles. The van der Waals surface area contributed by atoms with E-state index >= 15 is 0 Å². The van der Waals surface area contributed by atoms with Crippen LogP contribution in [0.15, 0.2) is 12.1 Å². The molecule has 82 valence electrons. The molecule has 1 aliphatic carbocycles. The molecular formula is C11H14ClNO2. The molecular weight excluding hydrogens is 214 g/mol. The first kappa shape index (κ1) is 10.6. The molecule has 0 amide bonds. The molecule has 1 aromatic rings. The van der Waals surface area contributed by atoms with Gasteiger partial charge < -0.3 is 15.6 Å². The number of ether oxygens (including phenoxy) is 1. The van der Waals surface area contributed by atoms with Crippen molar-refractivity contribution in [3.8, 4) is 11.5 Å². The Hall–Kier alpha value is -0.930. The van der Waals surface area contributed by atoms with E-state index in [1.807, 2.05) is 0 Å². The minimum atomic E-state index is -0.0536. The van der Waals surface area contributed by atoms with Crippen molar-refractivity contribution in [3.63, 3.8) is 0 Å². The van der Waals surface area contributed by atoms with Crippen molar-refractivity contribution in [1.82, 2.24) is 0 Å². The molecule has 0 spiro atoms. The van der Waals surface area contributed by atoms with Crippen LogP contribution in [0.3, 0.4) is 0 Å². The van der Waals surface area contributed by atoms with Crippen LogP contribution in [0, 0.1) is 0 Å². The highest BCUT2D eigenvalue weighted by atomic mass is 35.5. The number of benzene rings is 1. The Bertz CT molecular complexity index is 388. The number of nitrogens with two attached hydrogens (primary N) is 1. The molecule has 4 heteroatoms. The smallest absolute Gasteiger partial charge is 0.138 e. The van der Waals surface area contributed by atoms with Gasteiger partial charge in [-0.15, -0.1) is 0 Å². The minimum Gasteiger partial charge on any atom is -0.508 e. The number of methoxy groups -OCH3 is 1. The van der Waals surface area contributed by atoms with Gasteiger partial charge in [0.25, 0.3) is 0 Å². The van der Waals surface area contributed by atoms with Gasteiger partial charge in [-0.3, -0.25) is 0 Å². The van der Waals surface area contributed by atoms with Gasteiger partial charge in [-0.05, 0) is 18.9 Å². The van der Waals surface area contributed by atoms with Crippen molar-refractivity contribution in [2.24, 2.45) is 5.73 Å². The summed E-state index contributed by atoms with van der Waals surface area (Å²) in [5.74, 6) is 0.799. The Morgan fingerprint density at radius 3 is 2.67 bits per heavy atom. The highest BCUT2D eigenvalue weighted by Gasteiger charge is 2.45. The first-order valence-electron chi connectivity index (χ1n) is 4.90. The number of rotatable bonds is 3. The average molecular weight is 228 g/mol. The van der Waals surface area contributed by atoms with Crippen LogP contribution in [0.4, 0.5) is 0 Å². The highest BCUT2D eigenvalue weighted by Crippen LogP contribution is 2.52. The van der Waals surface area contributed by atoms with Crippen molar-refractivity contribution in [1.29, 1.82) is 0 Å². The molecule has 3 nitrogen and oxygen atoms in total. The van der Waals surface area contributed by atoms with E-state index in [1.165, 1.54) is 6.07 Å². The lowest BCUT2D eigenvalue weighted by atomic mass is 9.95. The highest BCUT2D eigenvalue weighted by molar-refractivity contribution is 6.32. The van der Waals surface area contributed by atoms with E-state index in [0.717, 1.165) is 18.4 Å². The van der Waals surface area contributed by atoms with Gasteiger partial charge in [0.1, 0.15) is 11.5 Å². The summed E-state index contributed by atoms with van der Waals surface area (Å²) in [5, 5.41) is 10.2. The summed E-state index contributed by atoms with van der Waals surface area (Å²) in [6.07, 6.45) is 2.03. The monoisotopic (exact) mass is 227 g/mol. The Morgan fingerprint density at radius 1 is 1.53 bits per heavy atom. The van der Waals surface area contributed by atoms with E-state index in [9.17, 15) is 5.11 Å². The van der Waals surface area contributed by atoms with Gasteiger partial charge in [-0.2, -0.15) is 0 Å². The second-order valence-electron chi connectivity index (χ2n) is 3.99. The third-order valence-corrected chi connectivity index (χ3v) is 3.38. The number of hydrogen-bond acceptors (Lipinski definition) is 3. The number of phenols is 1. The van der Waals surface area contributed by atoms with E-state index in [1.54, 1.807) is 13.2 Å². The zero-order valence-electron chi connectivity index (χ0n) is 8.59. The fraction of sp³-hybridized carbons (Fsp3) is 0.455. The summed E-state index contributed by atoms with van der Waals surface area (Å²) >= 11 is 5.90. The second-order valence-corrected chi connectivity index (χ2v) is 4.40. The van der Waals surface area contributed by atoms with Crippen LogP contribution in [0.25, 0.3) is 0 Å². The van der Waals surface area contributed by atoms with Crippen molar-refractivity contribution < 1.29 is 9.84 Å². The van der Waals surface area contributed by atoms with Crippen LogP contribution < -0.4 is 10.5 Å². The van der Waals surface area contributed by atoms with Crippen molar-refractivity contribution in [2.45, 2.75) is 18.3 Å². The van der Waals surface area contributed by atoms with Gasteiger partial charge in [-0.25, -0.2) is 0 Å². The van der Waals surface area contributed by atoms with Crippen molar-refractivity contribution in [2.75, 3.05) is 13.7 Å². The molecule has 1 aromatic carbocycles. The summed E-state index contributed by atoms with van der Waals surface area (Å²) in [6, 6.07) is 3.31. The maximum atomic E-state index is 9.82. The van der Waals surface area contributed by atoms with Crippen LogP contribution in [0.2, 0.25) is 5.02 Å². The zero-order valence-corrected chi connectivity index (χ0v) is 9.34. The van der Waals surface area contributed by atoms with Gasteiger partial charge >= 0.3 is 0 Å². The SMILES string of the molecule is COc1cc(C2(CN)CC2)c(O)cc1Cl. The number of phenolic OH excluding ortho intramolecular Hbond substituents is 1. The van der Waals surface area contributed by atoms with Crippen molar-refractivity contribution in [3.05, 3.63) is 22.7 Å². The van der Waals surface area contributed by atoms with E-state index < -0.39 is 0 Å². The normalized spacial score (nSPS) is 17.5. The quantitative estimate of drug-likeness (QED) is 0.831. The molecule has 1 fully saturated rings. The van der Waals surface area contributed by atoms with Gasteiger partial charge in [0.2, 0.25) is 0 Å². The third kappa shape index (κ3) is 1.66. The zero-order chi connectivity index (χ0) is 11.1. The Morgan fingerprint density at radius 2 is 2.20 bits per heavy atom. The molecule has 0 heterocycles. The van der Waals surface area contributed by atoms with Crippen LogP contribution in [0.1, 0.15) is 18.4 Å². The van der Waals surface area contributed by atoms with E-state index in [-0.39, 0.29) is 11.2 Å². The molecule has 2 rings (SSSR count). The third-order valence-electron chi connectivity index (χ3n) is 3.09. The van der Waals surface area contributed by atoms with Crippen molar-refractivity contribution >= 4 is 11.6 Å². The van der Waals surface area contributed by atoms with Crippen LogP contribution >= 0.6 is 11.6 Å². The van der Waals surface area contributed by atoms with Crippen LogP contribution in [0.5, 0.6) is 11.5 Å². The number of aromatic hydroxyl groups is 1. The predicted molar refractivity (Wildman–Crippen MR) is 59.6 cm³/mol. The lowest BCUT2D eigenvalue weighted by Crippen LogP contribution is -2.19. The maximum Gasteiger partial charge on any atom is 0.138 e. The molecule has 0 unspecified atom stereocenters. The first-order chi connectivity index (χ1) is 7.13. The molecule has 1 aliphatic rings. The average Bonchev–Trinajstić information content (AvgIpc) is 2.99. The lowest BCUT2D eigenvalue weighted by Gasteiger charge is -2.16. The largest absolute Gasteiger partial charge is 0.508 e. The standard InChI is InChI=1S/C11H14ClNO2/c1-15-10-4-7(9(14)5-8(10)12)11(6-13)2-3-11/h4-5,14H,2-3,6,13H2,1H3. The minimum absolute atomic E-state index is 0.0536. The topological polar surface area (TPSA) is 55.5 Å². The van der Waals surface area contributed by atoms with Crippen LogP contribution in [-0.4, -0.2) is 18.8 Å². The number of halogens is 1. The van der Waals surface area contributed by atoms with Gasteiger partial charge in [0, 0.05) is 23.6 Å². The van der Waals surface area contributed by atoms with E-state index in [4.69, 9.17) is 22.1 Å². The summed E-state index contributed by atoms with van der Waals surface area (Å²) in [5.41, 5.74) is 6.51. The Kier molecular flexibility index (Phi) is 2.52. The lowest BCUT2D eigenvalue weighted by molar-refractivity contribution is 0.409. The van der Waals surface area contributed by atoms with Crippen LogP contribution in [-0.2, 0) is 5.41 Å². The molecule has 15 heavy (non-hydrogen) atoms. The number of hydrogen-bond donors (Lipinski definition) is 2. The first-order valence-corrected chi connectivity index (χ1v) is 5.28. The second kappa shape index (κ2) is 3.58. The van der Waals surface area contributed by atoms with Gasteiger partial charge in [-0.1, -0.05) is 11.6 Å². The van der Waals surface area contributed by atoms with Gasteiger partial charge in [0.05, 0.1) is 12.1 Å². The summed E-state index contributed by atoms with van der Waals surface area (Å²) in [4.78, 5) is 0. The van der Waals surface area contributed by atoms with E-state index in [0.29, 0.717) is 17.3 Å².